The molecule has 0 radical (unpaired) electrons. The van der Waals surface area contributed by atoms with Crippen molar-refractivity contribution in [3.8, 4) is 5.75 Å². The summed E-state index contributed by atoms with van der Waals surface area (Å²) in [7, 11) is 0. The molecule has 0 fully saturated rings. The number of hydrogen-bond donors (Lipinski definition) is 1. The topological polar surface area (TPSA) is 35.2 Å². The van der Waals surface area contributed by atoms with E-state index in [1.165, 1.54) is 0 Å². The van der Waals surface area contributed by atoms with Crippen molar-refractivity contribution in [2.24, 2.45) is 11.1 Å². The molecular formula is C14H22BrNO. The molecular weight excluding hydrogens is 278 g/mol. The van der Waals surface area contributed by atoms with Gasteiger partial charge in [-0.25, -0.2) is 0 Å². The lowest BCUT2D eigenvalue weighted by Gasteiger charge is -2.18. The quantitative estimate of drug-likeness (QED) is 0.900. The Balaban J connectivity index is 2.59. The lowest BCUT2D eigenvalue weighted by molar-refractivity contribution is 0.243. The first-order chi connectivity index (χ1) is 7.79. The zero-order valence-electron chi connectivity index (χ0n) is 11.1. The molecule has 0 saturated carbocycles. The normalized spacial score (nSPS) is 13.5. The Bertz CT molecular complexity index is 369. The molecule has 1 atom stereocenters. The van der Waals surface area contributed by atoms with Gasteiger partial charge in [0.15, 0.2) is 0 Å². The molecule has 0 unspecified atom stereocenters. The Morgan fingerprint density at radius 2 is 2.00 bits per heavy atom. The minimum atomic E-state index is 0.0352. The average Bonchev–Trinajstić information content (AvgIpc) is 2.15. The fourth-order valence-corrected chi connectivity index (χ4v) is 2.16. The van der Waals surface area contributed by atoms with Crippen molar-refractivity contribution in [3.63, 3.8) is 0 Å². The van der Waals surface area contributed by atoms with Gasteiger partial charge in [0.25, 0.3) is 0 Å². The van der Waals surface area contributed by atoms with Crippen molar-refractivity contribution in [1.29, 1.82) is 0 Å². The summed E-state index contributed by atoms with van der Waals surface area (Å²) in [5.74, 6) is 0.894. The Morgan fingerprint density at radius 1 is 1.35 bits per heavy atom. The fraction of sp³-hybridized carbons (Fsp3) is 0.571. The van der Waals surface area contributed by atoms with Gasteiger partial charge in [-0.3, -0.25) is 0 Å². The highest BCUT2D eigenvalue weighted by Crippen LogP contribution is 2.27. The van der Waals surface area contributed by atoms with Crippen molar-refractivity contribution >= 4 is 15.9 Å². The average molecular weight is 300 g/mol. The van der Waals surface area contributed by atoms with E-state index >= 15 is 0 Å². The van der Waals surface area contributed by atoms with Crippen LogP contribution in [-0.4, -0.2) is 6.61 Å². The fourth-order valence-electron chi connectivity index (χ4n) is 1.44. The van der Waals surface area contributed by atoms with Crippen LogP contribution in [0.3, 0.4) is 0 Å². The van der Waals surface area contributed by atoms with Crippen molar-refractivity contribution in [1.82, 2.24) is 0 Å². The zero-order valence-corrected chi connectivity index (χ0v) is 12.7. The van der Waals surface area contributed by atoms with Crippen LogP contribution >= 0.6 is 15.9 Å². The Hall–Kier alpha value is -0.540. The molecule has 0 spiro atoms. The SMILES string of the molecule is C[C@@H](N)c1ccc(OCCC(C)(C)C)cc1Br. The van der Waals surface area contributed by atoms with Crippen LogP contribution in [-0.2, 0) is 0 Å². The maximum atomic E-state index is 5.85. The van der Waals surface area contributed by atoms with Crippen LogP contribution in [0.15, 0.2) is 22.7 Å². The molecule has 0 bridgehead atoms. The van der Waals surface area contributed by atoms with E-state index in [1.54, 1.807) is 0 Å². The Labute approximate surface area is 113 Å². The minimum absolute atomic E-state index is 0.0352. The maximum Gasteiger partial charge on any atom is 0.120 e. The largest absolute Gasteiger partial charge is 0.494 e. The van der Waals surface area contributed by atoms with Gasteiger partial charge in [-0.05, 0) is 36.5 Å². The number of hydrogen-bond acceptors (Lipinski definition) is 2. The molecule has 2 nitrogen and oxygen atoms in total. The maximum absolute atomic E-state index is 5.85. The van der Waals surface area contributed by atoms with E-state index in [4.69, 9.17) is 10.5 Å². The van der Waals surface area contributed by atoms with Crippen molar-refractivity contribution in [3.05, 3.63) is 28.2 Å². The van der Waals surface area contributed by atoms with Crippen LogP contribution in [0.4, 0.5) is 0 Å². The number of benzene rings is 1. The number of halogens is 1. The first kappa shape index (κ1) is 14.5. The summed E-state index contributed by atoms with van der Waals surface area (Å²) in [4.78, 5) is 0. The van der Waals surface area contributed by atoms with Gasteiger partial charge in [0.2, 0.25) is 0 Å². The smallest absolute Gasteiger partial charge is 0.120 e. The van der Waals surface area contributed by atoms with Crippen molar-refractivity contribution < 1.29 is 4.74 Å². The van der Waals surface area contributed by atoms with Crippen molar-refractivity contribution in [2.45, 2.75) is 40.2 Å². The molecule has 0 heterocycles. The van der Waals surface area contributed by atoms with E-state index in [0.717, 1.165) is 28.8 Å². The highest BCUT2D eigenvalue weighted by molar-refractivity contribution is 9.10. The summed E-state index contributed by atoms with van der Waals surface area (Å²) in [5, 5.41) is 0. The highest BCUT2D eigenvalue weighted by Gasteiger charge is 2.10. The first-order valence-electron chi connectivity index (χ1n) is 5.97. The van der Waals surface area contributed by atoms with Crippen LogP contribution in [0.2, 0.25) is 0 Å². The molecule has 0 aromatic heterocycles. The van der Waals surface area contributed by atoms with E-state index in [1.807, 2.05) is 25.1 Å². The minimum Gasteiger partial charge on any atom is -0.494 e. The van der Waals surface area contributed by atoms with E-state index in [9.17, 15) is 0 Å². The number of rotatable bonds is 4. The summed E-state index contributed by atoms with van der Waals surface area (Å²) in [6, 6.07) is 6.02. The van der Waals surface area contributed by atoms with E-state index in [-0.39, 0.29) is 6.04 Å². The number of ether oxygens (including phenoxy) is 1. The molecule has 96 valence electrons. The summed E-state index contributed by atoms with van der Waals surface area (Å²) in [5.41, 5.74) is 7.26. The third-order valence-electron chi connectivity index (χ3n) is 2.58. The van der Waals surface area contributed by atoms with Gasteiger partial charge in [0.05, 0.1) is 6.61 Å². The summed E-state index contributed by atoms with van der Waals surface area (Å²) in [6.07, 6.45) is 1.04. The predicted molar refractivity (Wildman–Crippen MR) is 76.3 cm³/mol. The molecule has 0 aliphatic carbocycles. The zero-order chi connectivity index (χ0) is 13.1. The van der Waals surface area contributed by atoms with Crippen LogP contribution in [0, 0.1) is 5.41 Å². The van der Waals surface area contributed by atoms with E-state index < -0.39 is 0 Å². The monoisotopic (exact) mass is 299 g/mol. The molecule has 1 aromatic rings. The van der Waals surface area contributed by atoms with E-state index in [2.05, 4.69) is 36.7 Å². The van der Waals surface area contributed by atoms with Gasteiger partial charge in [-0.2, -0.15) is 0 Å². The second kappa shape index (κ2) is 5.87. The van der Waals surface area contributed by atoms with Gasteiger partial charge >= 0.3 is 0 Å². The molecule has 0 amide bonds. The van der Waals surface area contributed by atoms with Gasteiger partial charge in [0.1, 0.15) is 5.75 Å². The molecule has 1 aromatic carbocycles. The summed E-state index contributed by atoms with van der Waals surface area (Å²) >= 11 is 3.52. The lowest BCUT2D eigenvalue weighted by Crippen LogP contribution is -2.11. The summed E-state index contributed by atoms with van der Waals surface area (Å²) in [6.45, 7) is 9.36. The molecule has 0 aliphatic rings. The van der Waals surface area contributed by atoms with Crippen LogP contribution in [0.5, 0.6) is 5.75 Å². The van der Waals surface area contributed by atoms with Crippen LogP contribution < -0.4 is 10.5 Å². The molecule has 1 rings (SSSR count). The van der Waals surface area contributed by atoms with E-state index in [0.29, 0.717) is 5.41 Å². The van der Waals surface area contributed by atoms with Gasteiger partial charge in [-0.1, -0.05) is 42.8 Å². The second-order valence-corrected chi connectivity index (χ2v) is 6.49. The third-order valence-corrected chi connectivity index (χ3v) is 3.27. The summed E-state index contributed by atoms with van der Waals surface area (Å²) < 4.78 is 6.74. The standard InChI is InChI=1S/C14H22BrNO/c1-10(16)12-6-5-11(9-13(12)15)17-8-7-14(2,3)4/h5-6,9-10H,7-8,16H2,1-4H3/t10-/m1/s1. The predicted octanol–water partition coefficient (Wildman–Crippen LogP) is 4.28. The number of nitrogens with two attached hydrogens (primary N) is 1. The molecule has 2 N–H and O–H groups in total. The second-order valence-electron chi connectivity index (χ2n) is 5.63. The van der Waals surface area contributed by atoms with Crippen molar-refractivity contribution in [2.75, 3.05) is 6.61 Å². The molecule has 3 heteroatoms. The van der Waals surface area contributed by atoms with Crippen LogP contribution in [0.25, 0.3) is 0 Å². The van der Waals surface area contributed by atoms with Gasteiger partial charge < -0.3 is 10.5 Å². The Morgan fingerprint density at radius 3 is 2.47 bits per heavy atom. The highest BCUT2D eigenvalue weighted by atomic mass is 79.9. The Kier molecular flexibility index (Phi) is 5.02. The first-order valence-corrected chi connectivity index (χ1v) is 6.77. The van der Waals surface area contributed by atoms with Gasteiger partial charge in [-0.15, -0.1) is 0 Å². The lowest BCUT2D eigenvalue weighted by atomic mass is 9.93. The van der Waals surface area contributed by atoms with Gasteiger partial charge in [0, 0.05) is 10.5 Å². The molecule has 0 aliphatic heterocycles. The molecule has 0 saturated heterocycles. The molecule has 17 heavy (non-hydrogen) atoms. The third kappa shape index (κ3) is 5.09. The van der Waals surface area contributed by atoms with Crippen LogP contribution in [0.1, 0.15) is 45.7 Å².